The van der Waals surface area contributed by atoms with Gasteiger partial charge in [-0.05, 0) is 83.5 Å². The van der Waals surface area contributed by atoms with Crippen molar-refractivity contribution in [1.82, 2.24) is 0 Å². The van der Waals surface area contributed by atoms with Crippen LogP contribution in [0.5, 0.6) is 0 Å². The topological polar surface area (TPSA) is 164 Å². The number of methoxy groups -OCH3 is 1. The summed E-state index contributed by atoms with van der Waals surface area (Å²) in [5.74, 6) is 1.57. The van der Waals surface area contributed by atoms with E-state index in [-0.39, 0.29) is 47.2 Å². The number of carbonyl (C=O) groups is 4. The normalized spacial score (nSPS) is 11.8. The summed E-state index contributed by atoms with van der Waals surface area (Å²) >= 11 is 11.4. The van der Waals surface area contributed by atoms with Crippen LogP contribution in [0.25, 0.3) is 0 Å². The average molecular weight is 1120 g/mol. The Bertz CT molecular complexity index is 1550. The Kier molecular flexibility index (Phi) is 67.1. The summed E-state index contributed by atoms with van der Waals surface area (Å²) in [6, 6.07) is 0. The number of thiocarbonyl (C=S) groups is 1. The lowest BCUT2D eigenvalue weighted by Crippen LogP contribution is -2.23. The molecule has 1 unspecified atom stereocenters. The molecular formula is C57H98O11S5. The summed E-state index contributed by atoms with van der Waals surface area (Å²) in [6.07, 6.45) is 35.5. The zero-order valence-electron chi connectivity index (χ0n) is 47.2. The minimum Gasteiger partial charge on any atom is -0.466 e. The highest BCUT2D eigenvalue weighted by molar-refractivity contribution is 8.47. The maximum Gasteiger partial charge on any atom is 0.373 e. The monoisotopic (exact) mass is 1120 g/mol. The van der Waals surface area contributed by atoms with E-state index in [0.29, 0.717) is 24.2 Å². The van der Waals surface area contributed by atoms with E-state index in [1.807, 2.05) is 43.4 Å². The fourth-order valence-electron chi connectivity index (χ4n) is 6.66. The maximum absolute atomic E-state index is 12.7. The number of allylic oxidation sites excluding steroid dienone is 4. The van der Waals surface area contributed by atoms with Crippen LogP contribution in [0.2, 0.25) is 0 Å². The van der Waals surface area contributed by atoms with Gasteiger partial charge in [0.05, 0.1) is 20.3 Å². The molecule has 0 aromatic carbocycles. The summed E-state index contributed by atoms with van der Waals surface area (Å²) in [5.41, 5.74) is 2.59. The molecule has 0 radical (unpaired) electrons. The average Bonchev–Trinajstić information content (AvgIpc) is 3.33. The van der Waals surface area contributed by atoms with E-state index >= 15 is 0 Å². The molecule has 0 bridgehead atoms. The second-order valence-electron chi connectivity index (χ2n) is 17.9. The summed E-state index contributed by atoms with van der Waals surface area (Å²) in [5, 5.41) is -0.0139. The van der Waals surface area contributed by atoms with Gasteiger partial charge in [-0.1, -0.05) is 223 Å². The van der Waals surface area contributed by atoms with Crippen LogP contribution < -0.4 is 0 Å². The second kappa shape index (κ2) is 61.8. The molecule has 0 spiro atoms. The molecule has 0 rings (SSSR count). The number of hydrogen-bond donors (Lipinski definition) is 0. The largest absolute Gasteiger partial charge is 0.466 e. The molecule has 0 saturated heterocycles. The van der Waals surface area contributed by atoms with Crippen LogP contribution in [0, 0.1) is 11.8 Å². The zero-order chi connectivity index (χ0) is 56.5. The Hall–Kier alpha value is -2.71. The Morgan fingerprint density at radius 2 is 1.01 bits per heavy atom. The van der Waals surface area contributed by atoms with Gasteiger partial charge in [0.15, 0.2) is 0 Å². The molecule has 0 amide bonds. The van der Waals surface area contributed by atoms with Gasteiger partial charge >= 0.3 is 30.2 Å². The highest BCUT2D eigenvalue weighted by atomic mass is 32.2. The van der Waals surface area contributed by atoms with Gasteiger partial charge in [0.1, 0.15) is 8.78 Å². The molecule has 0 aliphatic heterocycles. The first kappa shape index (κ1) is 79.2. The number of carbonyl (C=O) groups excluding carboxylic acids is 8. The van der Waals surface area contributed by atoms with E-state index in [4.69, 9.17) is 40.9 Å². The Balaban J connectivity index is -0.000000361. The minimum atomic E-state index is -0.646. The molecule has 16 heteroatoms. The van der Waals surface area contributed by atoms with E-state index in [1.54, 1.807) is 32.9 Å². The quantitative estimate of drug-likeness (QED) is 0.0111. The first-order chi connectivity index (χ1) is 34.8. The van der Waals surface area contributed by atoms with Crippen LogP contribution in [0.4, 0.5) is 4.79 Å². The van der Waals surface area contributed by atoms with Gasteiger partial charge in [0.2, 0.25) is 4.45 Å². The van der Waals surface area contributed by atoms with Crippen molar-refractivity contribution in [3.63, 3.8) is 0 Å². The van der Waals surface area contributed by atoms with E-state index < -0.39 is 5.25 Å². The fraction of sp³-hybridized carbons (Fsp3) is 0.737. The minimum absolute atomic E-state index is 0.0350. The number of unbranched alkanes of at least 4 members (excludes halogenated alkanes) is 18. The number of hydrogen-bond acceptors (Lipinski definition) is 16. The molecule has 0 fully saturated rings. The van der Waals surface area contributed by atoms with Gasteiger partial charge in [0.25, 0.3) is 0 Å². The van der Waals surface area contributed by atoms with Crippen LogP contribution >= 0.6 is 59.3 Å². The third kappa shape index (κ3) is 63.5. The molecular weight excluding hydrogens is 1020 g/mol. The standard InChI is InChI=1S/C31H54O5S2.C16H32S3.C8H12O2.2CO2/c1-8-10-11-12-13-14-15-16-17-18-21-37-31(34)38-29(30(33)36-9-2)25(5)19-20-27(22-24(3)4)26(6)23-28(32)35-7;1-4-5-6-7-8-9-10-11-12-13-14-18-16(17)19-15(2)3;1-4-7(3)6-8(9)10-5-2;2*2-1-3/h19,23-24,27,29H,8-18,20-22H2,1-7H3;15H,4-14H2,1-3H3;4,6H,1,5H2,2-3H3;;/b25-19+,26-23?;;7-6-;;/t27?,29-;;;;/m1..../s1. The molecule has 0 heterocycles. The molecule has 0 aromatic rings. The van der Waals surface area contributed by atoms with Gasteiger partial charge in [-0.15, -0.1) is 23.5 Å². The first-order valence-electron chi connectivity index (χ1n) is 26.6. The highest BCUT2D eigenvalue weighted by Gasteiger charge is 2.26. The summed E-state index contributed by atoms with van der Waals surface area (Å²) in [7, 11) is 1.38. The molecule has 0 aromatic heterocycles. The molecule has 0 aliphatic carbocycles. The van der Waals surface area contributed by atoms with Gasteiger partial charge < -0.3 is 14.2 Å². The third-order valence-corrected chi connectivity index (χ3v) is 15.6. The number of ether oxygens (including phenoxy) is 3. The molecule has 0 N–H and O–H groups in total. The zero-order valence-corrected chi connectivity index (χ0v) is 51.3. The second-order valence-corrected chi connectivity index (χ2v) is 24.2. The van der Waals surface area contributed by atoms with Crippen molar-refractivity contribution in [2.45, 2.75) is 228 Å². The smallest absolute Gasteiger partial charge is 0.373 e. The molecule has 0 aliphatic rings. The predicted molar refractivity (Wildman–Crippen MR) is 315 cm³/mol. The lowest BCUT2D eigenvalue weighted by Gasteiger charge is -2.20. The number of thioether (sulfide) groups is 4. The van der Waals surface area contributed by atoms with Crippen molar-refractivity contribution in [2.75, 3.05) is 31.8 Å². The van der Waals surface area contributed by atoms with Crippen LogP contribution in [-0.2, 0) is 47.8 Å². The summed E-state index contributed by atoms with van der Waals surface area (Å²) in [6.45, 7) is 26.6. The van der Waals surface area contributed by atoms with E-state index in [1.165, 1.54) is 146 Å². The van der Waals surface area contributed by atoms with Crippen molar-refractivity contribution in [2.24, 2.45) is 11.8 Å². The van der Waals surface area contributed by atoms with Gasteiger partial charge in [-0.3, -0.25) is 9.59 Å². The van der Waals surface area contributed by atoms with E-state index in [2.05, 4.69) is 52.9 Å². The van der Waals surface area contributed by atoms with E-state index in [0.717, 1.165) is 57.0 Å². The molecule has 422 valence electrons. The van der Waals surface area contributed by atoms with Gasteiger partial charge in [-0.2, -0.15) is 19.2 Å². The van der Waals surface area contributed by atoms with Crippen LogP contribution in [0.1, 0.15) is 217 Å². The Labute approximate surface area is 466 Å². The third-order valence-electron chi connectivity index (χ3n) is 10.5. The maximum atomic E-state index is 12.7. The fourth-order valence-corrected chi connectivity index (χ4v) is 11.4. The Morgan fingerprint density at radius 3 is 1.40 bits per heavy atom. The number of rotatable bonds is 36. The molecule has 2 atom stereocenters. The van der Waals surface area contributed by atoms with Gasteiger partial charge in [-0.25, -0.2) is 9.59 Å². The molecule has 11 nitrogen and oxygen atoms in total. The summed E-state index contributed by atoms with van der Waals surface area (Å²) in [4.78, 5) is 80.3. The van der Waals surface area contributed by atoms with Crippen molar-refractivity contribution in [1.29, 1.82) is 0 Å². The van der Waals surface area contributed by atoms with E-state index in [9.17, 15) is 19.2 Å². The van der Waals surface area contributed by atoms with Crippen molar-refractivity contribution in [3.05, 3.63) is 47.6 Å². The van der Waals surface area contributed by atoms with Crippen LogP contribution in [0.3, 0.4) is 0 Å². The van der Waals surface area contributed by atoms with Crippen LogP contribution in [-0.4, -0.2) is 80.5 Å². The first-order valence-corrected chi connectivity index (χ1v) is 30.7. The van der Waals surface area contributed by atoms with Crippen molar-refractivity contribution in [3.8, 4) is 0 Å². The lowest BCUT2D eigenvalue weighted by molar-refractivity contribution is -0.193. The van der Waals surface area contributed by atoms with Crippen molar-refractivity contribution >= 4 is 97.5 Å². The van der Waals surface area contributed by atoms with Crippen LogP contribution in [0.15, 0.2) is 47.6 Å². The molecule has 0 saturated carbocycles. The van der Waals surface area contributed by atoms with Crippen molar-refractivity contribution < 1.29 is 52.6 Å². The summed E-state index contributed by atoms with van der Waals surface area (Å²) < 4.78 is 15.8. The Morgan fingerprint density at radius 1 is 0.589 bits per heavy atom. The predicted octanol–water partition coefficient (Wildman–Crippen LogP) is 17.1. The lowest BCUT2D eigenvalue weighted by atomic mass is 9.87. The SMILES string of the molecule is C=C/C(C)=C\C(=O)OCC.CCCCCCCCCCCCSC(=O)S[C@@H](C(=O)OCC)/C(C)=C/CC(CC(C)C)C(C)=CC(=O)OC.CCCCCCCCCCCCSC(=S)SC(C)C.O=C=O.O=C=O. The number of esters is 3. The molecule has 73 heavy (non-hydrogen) atoms. The van der Waals surface area contributed by atoms with Gasteiger partial charge in [0, 0.05) is 23.2 Å². The highest BCUT2D eigenvalue weighted by Crippen LogP contribution is 2.31.